The zero-order valence-corrected chi connectivity index (χ0v) is 26.2. The summed E-state index contributed by atoms with van der Waals surface area (Å²) in [7, 11) is 3.11. The standard InChI is InChI=1S/C27H37I2N3O5/c1-19(16-28)32(20(2)17-29)27(33)23-12-13-24(26(35-4)25(23)34-3)37-15-7-5-6-14-36-22-10-8-21(9-11-22)18-31-30/h8-13,18-20H,5-7,14-17,30H2,1-4H3. The van der Waals surface area contributed by atoms with E-state index in [1.165, 1.54) is 0 Å². The molecule has 0 radical (unpaired) electrons. The van der Waals surface area contributed by atoms with Crippen molar-refractivity contribution in [2.45, 2.75) is 45.2 Å². The Labute approximate surface area is 247 Å². The highest BCUT2D eigenvalue weighted by molar-refractivity contribution is 14.1. The van der Waals surface area contributed by atoms with E-state index in [1.54, 1.807) is 32.6 Å². The fourth-order valence-electron chi connectivity index (χ4n) is 3.83. The summed E-state index contributed by atoms with van der Waals surface area (Å²) < 4.78 is 24.7. The van der Waals surface area contributed by atoms with Gasteiger partial charge in [0.25, 0.3) is 5.91 Å². The van der Waals surface area contributed by atoms with Gasteiger partial charge in [0.15, 0.2) is 11.5 Å². The molecule has 2 unspecified atom stereocenters. The Bertz CT molecular complexity index is 994. The summed E-state index contributed by atoms with van der Waals surface area (Å²) in [6.07, 6.45) is 4.30. The first kappa shape index (κ1) is 31.3. The first-order valence-electron chi connectivity index (χ1n) is 12.2. The lowest BCUT2D eigenvalue weighted by Gasteiger charge is -2.33. The van der Waals surface area contributed by atoms with E-state index in [-0.39, 0.29) is 18.0 Å². The molecule has 2 N–H and O–H groups in total. The first-order chi connectivity index (χ1) is 17.9. The second-order valence-electron chi connectivity index (χ2n) is 8.50. The molecule has 2 rings (SSSR count). The molecule has 0 fully saturated rings. The Morgan fingerprint density at radius 2 is 1.51 bits per heavy atom. The predicted molar refractivity (Wildman–Crippen MR) is 165 cm³/mol. The number of methoxy groups -OCH3 is 2. The molecule has 0 aliphatic carbocycles. The van der Waals surface area contributed by atoms with Crippen LogP contribution in [0, 0.1) is 0 Å². The van der Waals surface area contributed by atoms with Crippen molar-refractivity contribution in [1.29, 1.82) is 0 Å². The van der Waals surface area contributed by atoms with E-state index in [0.29, 0.717) is 36.0 Å². The number of carbonyl (C=O) groups is 1. The van der Waals surface area contributed by atoms with Gasteiger partial charge in [0, 0.05) is 20.9 Å². The highest BCUT2D eigenvalue weighted by Gasteiger charge is 2.30. The van der Waals surface area contributed by atoms with Crippen LogP contribution in [0.25, 0.3) is 0 Å². The van der Waals surface area contributed by atoms with Crippen molar-refractivity contribution in [3.05, 3.63) is 47.5 Å². The number of nitrogens with two attached hydrogens (primary N) is 1. The van der Waals surface area contributed by atoms with Crippen LogP contribution in [0.2, 0.25) is 0 Å². The molecular weight excluding hydrogens is 700 g/mol. The highest BCUT2D eigenvalue weighted by Crippen LogP contribution is 2.41. The third-order valence-corrected chi connectivity index (χ3v) is 8.31. The summed E-state index contributed by atoms with van der Waals surface area (Å²) in [5.41, 5.74) is 1.40. The Morgan fingerprint density at radius 3 is 2.05 bits per heavy atom. The van der Waals surface area contributed by atoms with Gasteiger partial charge in [0.05, 0.1) is 39.2 Å². The van der Waals surface area contributed by atoms with Crippen molar-refractivity contribution in [2.24, 2.45) is 10.9 Å². The number of hydrazone groups is 1. The summed E-state index contributed by atoms with van der Waals surface area (Å²) in [4.78, 5) is 15.5. The summed E-state index contributed by atoms with van der Waals surface area (Å²) in [6, 6.07) is 11.4. The van der Waals surface area contributed by atoms with Crippen molar-refractivity contribution < 1.29 is 23.7 Å². The fraction of sp³-hybridized carbons (Fsp3) is 0.481. The van der Waals surface area contributed by atoms with Crippen LogP contribution in [0.5, 0.6) is 23.0 Å². The highest BCUT2D eigenvalue weighted by atomic mass is 127. The molecule has 0 saturated heterocycles. The predicted octanol–water partition coefficient (Wildman–Crippen LogP) is 5.71. The maximum Gasteiger partial charge on any atom is 0.258 e. The molecule has 0 bridgehead atoms. The molecule has 204 valence electrons. The largest absolute Gasteiger partial charge is 0.494 e. The van der Waals surface area contributed by atoms with Crippen molar-refractivity contribution >= 4 is 57.3 Å². The Morgan fingerprint density at radius 1 is 0.919 bits per heavy atom. The number of benzene rings is 2. The van der Waals surface area contributed by atoms with E-state index >= 15 is 0 Å². The normalized spacial score (nSPS) is 12.7. The van der Waals surface area contributed by atoms with E-state index in [0.717, 1.165) is 39.4 Å². The van der Waals surface area contributed by atoms with Gasteiger partial charge in [-0.15, -0.1) is 0 Å². The third kappa shape index (κ3) is 9.08. The summed E-state index contributed by atoms with van der Waals surface area (Å²) in [5, 5.41) is 3.51. The van der Waals surface area contributed by atoms with Gasteiger partial charge in [-0.3, -0.25) is 4.79 Å². The molecular formula is C27H37I2N3O5. The number of carbonyl (C=O) groups excluding carboxylic acids is 1. The smallest absolute Gasteiger partial charge is 0.258 e. The molecule has 0 heterocycles. The number of rotatable bonds is 16. The molecule has 2 atom stereocenters. The van der Waals surface area contributed by atoms with Crippen molar-refractivity contribution in [3.63, 3.8) is 0 Å². The van der Waals surface area contributed by atoms with E-state index in [2.05, 4.69) is 64.1 Å². The van der Waals surface area contributed by atoms with Crippen LogP contribution < -0.4 is 24.8 Å². The molecule has 2 aromatic rings. The SMILES string of the molecule is COc1c(OCCCCCOc2ccc(C=NN)cc2)ccc(C(=O)N(C(C)CI)C(C)CI)c1OC. The maximum absolute atomic E-state index is 13.5. The van der Waals surface area contributed by atoms with Crippen molar-refractivity contribution in [2.75, 3.05) is 36.3 Å². The first-order valence-corrected chi connectivity index (χ1v) is 15.2. The zero-order valence-electron chi connectivity index (χ0n) is 21.9. The van der Waals surface area contributed by atoms with Crippen molar-refractivity contribution in [1.82, 2.24) is 4.90 Å². The van der Waals surface area contributed by atoms with Gasteiger partial charge in [0.1, 0.15) is 5.75 Å². The Hall–Kier alpha value is -1.96. The topological polar surface area (TPSA) is 95.6 Å². The fourth-order valence-corrected chi connectivity index (χ4v) is 4.68. The minimum Gasteiger partial charge on any atom is -0.494 e. The minimum absolute atomic E-state index is 0.0721. The van der Waals surface area contributed by atoms with E-state index in [1.807, 2.05) is 29.2 Å². The van der Waals surface area contributed by atoms with Gasteiger partial charge >= 0.3 is 0 Å². The van der Waals surface area contributed by atoms with Crippen molar-refractivity contribution in [3.8, 4) is 23.0 Å². The van der Waals surface area contributed by atoms with Crippen LogP contribution in [-0.2, 0) is 0 Å². The number of alkyl halides is 2. The quantitative estimate of drug-likeness (QED) is 0.0593. The minimum atomic E-state index is -0.0721. The average Bonchev–Trinajstić information content (AvgIpc) is 2.92. The summed E-state index contributed by atoms with van der Waals surface area (Å²) in [5.74, 6) is 7.30. The molecule has 8 nitrogen and oxygen atoms in total. The van der Waals surface area contributed by atoms with Gasteiger partial charge in [-0.2, -0.15) is 5.10 Å². The lowest BCUT2D eigenvalue weighted by molar-refractivity contribution is 0.0652. The zero-order chi connectivity index (χ0) is 27.2. The van der Waals surface area contributed by atoms with Gasteiger partial charge in [0.2, 0.25) is 5.75 Å². The number of hydrogen-bond acceptors (Lipinski definition) is 7. The summed E-state index contributed by atoms with van der Waals surface area (Å²) >= 11 is 4.63. The molecule has 10 heteroatoms. The average molecular weight is 737 g/mol. The van der Waals surface area contributed by atoms with E-state index in [4.69, 9.17) is 24.8 Å². The molecule has 0 saturated carbocycles. The van der Waals surface area contributed by atoms with Crippen LogP contribution in [-0.4, -0.2) is 65.4 Å². The second kappa shape index (κ2) is 16.8. The monoisotopic (exact) mass is 737 g/mol. The third-order valence-electron chi connectivity index (χ3n) is 5.76. The van der Waals surface area contributed by atoms with Gasteiger partial charge in [-0.1, -0.05) is 45.2 Å². The van der Waals surface area contributed by atoms with Crippen LogP contribution >= 0.6 is 45.2 Å². The number of halogens is 2. The van der Waals surface area contributed by atoms with Gasteiger partial charge in [-0.25, -0.2) is 0 Å². The van der Waals surface area contributed by atoms with Crippen LogP contribution in [0.15, 0.2) is 41.5 Å². The summed E-state index contributed by atoms with van der Waals surface area (Å²) in [6.45, 7) is 5.27. The number of unbranched alkanes of at least 4 members (excludes halogenated alkanes) is 2. The van der Waals surface area contributed by atoms with E-state index < -0.39 is 0 Å². The Kier molecular flexibility index (Phi) is 14.2. The lowest BCUT2D eigenvalue weighted by Crippen LogP contribution is -2.46. The molecule has 37 heavy (non-hydrogen) atoms. The number of amides is 1. The molecule has 2 aromatic carbocycles. The molecule has 0 aliphatic heterocycles. The number of nitrogens with zero attached hydrogens (tertiary/aromatic N) is 2. The molecule has 0 aromatic heterocycles. The van der Waals surface area contributed by atoms with Crippen LogP contribution in [0.4, 0.5) is 0 Å². The lowest BCUT2D eigenvalue weighted by atomic mass is 10.1. The van der Waals surface area contributed by atoms with E-state index in [9.17, 15) is 4.79 Å². The second-order valence-corrected chi connectivity index (χ2v) is 10.3. The Balaban J connectivity index is 1.94. The molecule has 1 amide bonds. The van der Waals surface area contributed by atoms with Crippen LogP contribution in [0.3, 0.4) is 0 Å². The maximum atomic E-state index is 13.5. The van der Waals surface area contributed by atoms with Gasteiger partial charge < -0.3 is 29.7 Å². The van der Waals surface area contributed by atoms with Gasteiger partial charge in [-0.05, 0) is 75.1 Å². The van der Waals surface area contributed by atoms with Crippen LogP contribution in [0.1, 0.15) is 49.0 Å². The molecule has 0 aliphatic rings. The number of hydrogen-bond donors (Lipinski definition) is 1. The molecule has 0 spiro atoms. The number of ether oxygens (including phenoxy) is 4.